The third-order valence-corrected chi connectivity index (χ3v) is 5.53. The molecule has 0 unspecified atom stereocenters. The zero-order valence-corrected chi connectivity index (χ0v) is 17.7. The number of rotatable bonds is 5. The normalized spacial score (nSPS) is 16.1. The Morgan fingerprint density at radius 1 is 1.23 bits per heavy atom. The van der Waals surface area contributed by atoms with E-state index in [4.69, 9.17) is 16.3 Å². The van der Waals surface area contributed by atoms with E-state index in [1.165, 1.54) is 7.11 Å². The van der Waals surface area contributed by atoms with Crippen LogP contribution in [0.5, 0.6) is 5.75 Å². The molecule has 0 aliphatic carbocycles. The number of halogens is 1. The number of aromatic nitrogens is 3. The molecule has 0 saturated carbocycles. The molecule has 4 rings (SSSR count). The van der Waals surface area contributed by atoms with E-state index in [2.05, 4.69) is 20.5 Å². The number of piperidine rings is 1. The van der Waals surface area contributed by atoms with Crippen LogP contribution in [0.4, 0.5) is 5.69 Å². The maximum Gasteiger partial charge on any atom is 0.271 e. The number of hydrogen-bond acceptors (Lipinski definition) is 5. The smallest absolute Gasteiger partial charge is 0.271 e. The van der Waals surface area contributed by atoms with Gasteiger partial charge >= 0.3 is 0 Å². The molecule has 0 radical (unpaired) electrons. The van der Waals surface area contributed by atoms with Gasteiger partial charge in [0.05, 0.1) is 23.7 Å². The quantitative estimate of drug-likeness (QED) is 0.632. The van der Waals surface area contributed by atoms with Crippen LogP contribution in [0.1, 0.15) is 23.3 Å². The lowest BCUT2D eigenvalue weighted by molar-refractivity contribution is -0.121. The van der Waals surface area contributed by atoms with E-state index in [0.717, 1.165) is 6.42 Å². The van der Waals surface area contributed by atoms with Gasteiger partial charge in [-0.1, -0.05) is 17.7 Å². The number of methoxy groups -OCH3 is 1. The second-order valence-electron chi connectivity index (χ2n) is 7.31. The first kappa shape index (κ1) is 20.9. The number of aromatic amines is 1. The van der Waals surface area contributed by atoms with Crippen molar-refractivity contribution < 1.29 is 14.3 Å². The van der Waals surface area contributed by atoms with Gasteiger partial charge in [0.25, 0.3) is 5.91 Å². The van der Waals surface area contributed by atoms with E-state index in [1.54, 1.807) is 35.4 Å². The third kappa shape index (κ3) is 4.69. The van der Waals surface area contributed by atoms with Gasteiger partial charge < -0.3 is 15.0 Å². The number of carbonyl (C=O) groups excluding carboxylic acids is 2. The fourth-order valence-electron chi connectivity index (χ4n) is 3.61. The summed E-state index contributed by atoms with van der Waals surface area (Å²) in [5.41, 5.74) is 2.26. The molecule has 8 nitrogen and oxygen atoms in total. The Labute approximate surface area is 184 Å². The summed E-state index contributed by atoms with van der Waals surface area (Å²) in [4.78, 5) is 31.7. The van der Waals surface area contributed by atoms with Crippen molar-refractivity contribution in [2.24, 2.45) is 5.92 Å². The molecule has 1 aliphatic rings. The SMILES string of the molecule is COc1ccc(NC(=O)[C@@H]2CCCN(C(=O)c3cc(-c4ccccn4)n[nH]3)C2)cc1Cl. The molecule has 2 aromatic heterocycles. The summed E-state index contributed by atoms with van der Waals surface area (Å²) >= 11 is 6.13. The van der Waals surface area contributed by atoms with E-state index >= 15 is 0 Å². The molecule has 9 heteroatoms. The standard InChI is InChI=1S/C22H22ClN5O3/c1-31-20-8-7-15(11-16(20)23)25-21(29)14-5-4-10-28(13-14)22(30)19-12-18(26-27-19)17-6-2-3-9-24-17/h2-3,6-9,11-12,14H,4-5,10,13H2,1H3,(H,25,29)(H,26,27)/t14-/m1/s1. The van der Waals surface area contributed by atoms with Crippen LogP contribution < -0.4 is 10.1 Å². The largest absolute Gasteiger partial charge is 0.495 e. The Morgan fingerprint density at radius 3 is 2.84 bits per heavy atom. The van der Waals surface area contributed by atoms with Crippen molar-refractivity contribution in [2.45, 2.75) is 12.8 Å². The molecule has 3 heterocycles. The Morgan fingerprint density at radius 2 is 2.10 bits per heavy atom. The van der Waals surface area contributed by atoms with Crippen LogP contribution in [0.15, 0.2) is 48.7 Å². The monoisotopic (exact) mass is 439 g/mol. The van der Waals surface area contributed by atoms with Crippen molar-refractivity contribution in [3.63, 3.8) is 0 Å². The molecule has 1 aromatic carbocycles. The van der Waals surface area contributed by atoms with Crippen molar-refractivity contribution in [3.8, 4) is 17.1 Å². The minimum atomic E-state index is -0.309. The van der Waals surface area contributed by atoms with Gasteiger partial charge in [-0.15, -0.1) is 0 Å². The van der Waals surface area contributed by atoms with Crippen molar-refractivity contribution in [3.05, 3.63) is 59.4 Å². The molecule has 1 atom stereocenters. The number of benzene rings is 1. The van der Waals surface area contributed by atoms with Gasteiger partial charge in [-0.3, -0.25) is 19.7 Å². The summed E-state index contributed by atoms with van der Waals surface area (Å²) in [7, 11) is 1.53. The number of likely N-dealkylation sites (tertiary alicyclic amines) is 1. The van der Waals surface area contributed by atoms with E-state index in [9.17, 15) is 9.59 Å². The predicted molar refractivity (Wildman–Crippen MR) is 117 cm³/mol. The first-order valence-corrected chi connectivity index (χ1v) is 10.3. The highest BCUT2D eigenvalue weighted by molar-refractivity contribution is 6.32. The van der Waals surface area contributed by atoms with Gasteiger partial charge in [-0.2, -0.15) is 5.10 Å². The number of H-pyrrole nitrogens is 1. The highest BCUT2D eigenvalue weighted by Gasteiger charge is 2.30. The van der Waals surface area contributed by atoms with Gasteiger partial charge in [0, 0.05) is 25.0 Å². The summed E-state index contributed by atoms with van der Waals surface area (Å²) in [6, 6.07) is 12.3. The second-order valence-corrected chi connectivity index (χ2v) is 7.72. The molecule has 0 spiro atoms. The number of ether oxygens (including phenoxy) is 1. The van der Waals surface area contributed by atoms with Crippen LogP contribution in [-0.4, -0.2) is 52.1 Å². The zero-order valence-electron chi connectivity index (χ0n) is 17.0. The topological polar surface area (TPSA) is 100 Å². The van der Waals surface area contributed by atoms with E-state index in [-0.39, 0.29) is 17.7 Å². The third-order valence-electron chi connectivity index (χ3n) is 5.23. The van der Waals surface area contributed by atoms with Crippen molar-refractivity contribution >= 4 is 29.1 Å². The summed E-state index contributed by atoms with van der Waals surface area (Å²) in [5, 5.41) is 10.3. The van der Waals surface area contributed by atoms with Gasteiger partial charge in [-0.05, 0) is 49.2 Å². The number of nitrogens with one attached hydrogen (secondary N) is 2. The van der Waals surface area contributed by atoms with Crippen molar-refractivity contribution in [2.75, 3.05) is 25.5 Å². The fraction of sp³-hybridized carbons (Fsp3) is 0.273. The van der Waals surface area contributed by atoms with E-state index in [0.29, 0.717) is 53.1 Å². The Bertz CT molecular complexity index is 1090. The molecule has 1 saturated heterocycles. The first-order chi connectivity index (χ1) is 15.0. The van der Waals surface area contributed by atoms with Crippen molar-refractivity contribution in [1.29, 1.82) is 0 Å². The molecular weight excluding hydrogens is 418 g/mol. The summed E-state index contributed by atoms with van der Waals surface area (Å²) in [5.74, 6) is -0.0901. The number of hydrogen-bond donors (Lipinski definition) is 2. The van der Waals surface area contributed by atoms with Crippen LogP contribution in [0.3, 0.4) is 0 Å². The van der Waals surface area contributed by atoms with Crippen LogP contribution in [0.2, 0.25) is 5.02 Å². The van der Waals surface area contributed by atoms with Gasteiger partial charge in [0.2, 0.25) is 5.91 Å². The minimum absolute atomic E-state index is 0.141. The Hall–Kier alpha value is -3.39. The molecule has 160 valence electrons. The lowest BCUT2D eigenvalue weighted by Gasteiger charge is -2.31. The number of pyridine rings is 1. The summed E-state index contributed by atoms with van der Waals surface area (Å²) in [6.07, 6.45) is 3.13. The number of anilines is 1. The zero-order chi connectivity index (χ0) is 21.8. The van der Waals surface area contributed by atoms with Crippen LogP contribution in [0, 0.1) is 5.92 Å². The molecule has 31 heavy (non-hydrogen) atoms. The van der Waals surface area contributed by atoms with E-state index in [1.807, 2.05) is 18.2 Å². The molecule has 1 aliphatic heterocycles. The molecule has 2 N–H and O–H groups in total. The van der Waals surface area contributed by atoms with Crippen molar-refractivity contribution in [1.82, 2.24) is 20.1 Å². The summed E-state index contributed by atoms with van der Waals surface area (Å²) < 4.78 is 5.13. The van der Waals surface area contributed by atoms with Gasteiger partial charge in [0.1, 0.15) is 17.1 Å². The van der Waals surface area contributed by atoms with Crippen LogP contribution in [0.25, 0.3) is 11.4 Å². The fourth-order valence-corrected chi connectivity index (χ4v) is 3.87. The lowest BCUT2D eigenvalue weighted by atomic mass is 9.96. The first-order valence-electron chi connectivity index (χ1n) is 9.95. The Balaban J connectivity index is 1.41. The maximum absolute atomic E-state index is 13.0. The lowest BCUT2D eigenvalue weighted by Crippen LogP contribution is -2.43. The van der Waals surface area contributed by atoms with Gasteiger partial charge in [0.15, 0.2) is 0 Å². The average Bonchev–Trinajstić information content (AvgIpc) is 3.30. The number of nitrogens with zero attached hydrogens (tertiary/aromatic N) is 3. The van der Waals surface area contributed by atoms with Crippen LogP contribution >= 0.6 is 11.6 Å². The average molecular weight is 440 g/mol. The second kappa shape index (κ2) is 9.18. The maximum atomic E-state index is 13.0. The Kier molecular flexibility index (Phi) is 6.18. The molecule has 2 amide bonds. The molecule has 0 bridgehead atoms. The van der Waals surface area contributed by atoms with E-state index < -0.39 is 0 Å². The molecule has 3 aromatic rings. The highest BCUT2D eigenvalue weighted by Crippen LogP contribution is 2.28. The molecule has 1 fully saturated rings. The minimum Gasteiger partial charge on any atom is -0.495 e. The highest BCUT2D eigenvalue weighted by atomic mass is 35.5. The van der Waals surface area contributed by atoms with Crippen LogP contribution in [-0.2, 0) is 4.79 Å². The summed E-state index contributed by atoms with van der Waals surface area (Å²) in [6.45, 7) is 0.932. The molecular formula is C22H22ClN5O3. The predicted octanol–water partition coefficient (Wildman–Crippen LogP) is 3.62. The van der Waals surface area contributed by atoms with Gasteiger partial charge in [-0.25, -0.2) is 0 Å². The number of amides is 2. The number of carbonyl (C=O) groups is 2.